The molecule has 26 heavy (non-hydrogen) atoms. The molecule has 0 saturated heterocycles. The van der Waals surface area contributed by atoms with Crippen molar-refractivity contribution in [2.75, 3.05) is 0 Å². The average molecular weight is 348 g/mol. The Kier molecular flexibility index (Phi) is 5.82. The van der Waals surface area contributed by atoms with E-state index >= 15 is 0 Å². The van der Waals surface area contributed by atoms with Gasteiger partial charge in [-0.15, -0.1) is 0 Å². The van der Waals surface area contributed by atoms with Crippen molar-refractivity contribution in [3.63, 3.8) is 0 Å². The summed E-state index contributed by atoms with van der Waals surface area (Å²) < 4.78 is 0. The molecule has 3 rings (SSSR count). The minimum absolute atomic E-state index is 0.301. The van der Waals surface area contributed by atoms with Gasteiger partial charge in [-0.1, -0.05) is 50.6 Å². The highest BCUT2D eigenvalue weighted by molar-refractivity contribution is 5.78. The van der Waals surface area contributed by atoms with Gasteiger partial charge in [-0.25, -0.2) is 0 Å². The normalized spacial score (nSPS) is 15.3. The molecule has 2 aromatic rings. The van der Waals surface area contributed by atoms with Gasteiger partial charge in [0, 0.05) is 0 Å². The molecule has 1 unspecified atom stereocenters. The van der Waals surface area contributed by atoms with Gasteiger partial charge in [0.15, 0.2) is 0 Å². The average Bonchev–Trinajstić information content (AvgIpc) is 2.67. The van der Waals surface area contributed by atoms with E-state index in [1.165, 1.54) is 22.3 Å². The number of allylic oxidation sites excluding steroid dienone is 4. The van der Waals surface area contributed by atoms with Gasteiger partial charge in [0.2, 0.25) is 0 Å². The number of hydrogen-bond acceptors (Lipinski definition) is 2. The molecule has 0 bridgehead atoms. The lowest BCUT2D eigenvalue weighted by Crippen LogP contribution is -2.00. The van der Waals surface area contributed by atoms with Crippen LogP contribution in [0.25, 0.3) is 11.1 Å². The molecule has 2 heteroatoms. The lowest BCUT2D eigenvalue weighted by Gasteiger charge is -2.19. The van der Waals surface area contributed by atoms with Gasteiger partial charge in [0.25, 0.3) is 0 Å². The van der Waals surface area contributed by atoms with Gasteiger partial charge < -0.3 is 10.2 Å². The monoisotopic (exact) mass is 348 g/mol. The largest absolute Gasteiger partial charge is 0.508 e. The zero-order valence-electron chi connectivity index (χ0n) is 15.7. The molecule has 1 aliphatic carbocycles. The Bertz CT molecular complexity index is 813. The number of benzene rings is 2. The summed E-state index contributed by atoms with van der Waals surface area (Å²) >= 11 is 0. The number of rotatable bonds is 6. The van der Waals surface area contributed by atoms with Crippen molar-refractivity contribution in [1.29, 1.82) is 0 Å². The predicted octanol–water partition coefficient (Wildman–Crippen LogP) is 6.65. The summed E-state index contributed by atoms with van der Waals surface area (Å²) in [4.78, 5) is 0. The number of hydrogen-bond donors (Lipinski definition) is 2. The fraction of sp³-hybridized carbons (Fsp3) is 0.333. The van der Waals surface area contributed by atoms with Gasteiger partial charge in [-0.05, 0) is 83.7 Å². The second-order valence-electron chi connectivity index (χ2n) is 7.08. The molecule has 0 aromatic heterocycles. The zero-order valence-corrected chi connectivity index (χ0v) is 15.7. The van der Waals surface area contributed by atoms with E-state index in [0.29, 0.717) is 17.4 Å². The molecule has 0 fully saturated rings. The predicted molar refractivity (Wildman–Crippen MR) is 109 cm³/mol. The number of aromatic hydroxyl groups is 2. The second-order valence-corrected chi connectivity index (χ2v) is 7.08. The summed E-state index contributed by atoms with van der Waals surface area (Å²) in [6, 6.07) is 13.5. The number of phenols is 2. The number of phenolic OH excluding ortho intramolecular Hbond substituents is 2. The van der Waals surface area contributed by atoms with E-state index in [4.69, 9.17) is 0 Å². The fourth-order valence-electron chi connectivity index (χ4n) is 3.79. The van der Waals surface area contributed by atoms with Gasteiger partial charge >= 0.3 is 0 Å². The van der Waals surface area contributed by atoms with Crippen LogP contribution >= 0.6 is 0 Å². The SMILES string of the molecule is CCCC(CC)c1cc(C2=CCC(c3ccc(O)cc3)=CC2)ccc1O. The van der Waals surface area contributed by atoms with E-state index in [1.54, 1.807) is 12.1 Å². The minimum Gasteiger partial charge on any atom is -0.508 e. The van der Waals surface area contributed by atoms with Gasteiger partial charge in [0.05, 0.1) is 0 Å². The Hall–Kier alpha value is -2.48. The molecule has 2 N–H and O–H groups in total. The smallest absolute Gasteiger partial charge is 0.119 e. The molecule has 0 spiro atoms. The molecular weight excluding hydrogens is 320 g/mol. The summed E-state index contributed by atoms with van der Waals surface area (Å²) in [6.07, 6.45) is 9.64. The van der Waals surface area contributed by atoms with E-state index in [2.05, 4.69) is 32.1 Å². The topological polar surface area (TPSA) is 40.5 Å². The molecule has 0 aliphatic heterocycles. The summed E-state index contributed by atoms with van der Waals surface area (Å²) in [5.74, 6) is 1.15. The van der Waals surface area contributed by atoms with Crippen LogP contribution in [0, 0.1) is 0 Å². The minimum atomic E-state index is 0.301. The first-order chi connectivity index (χ1) is 12.6. The molecule has 2 nitrogen and oxygen atoms in total. The Morgan fingerprint density at radius 3 is 2.04 bits per heavy atom. The fourth-order valence-corrected chi connectivity index (χ4v) is 3.79. The van der Waals surface area contributed by atoms with Crippen molar-refractivity contribution in [3.8, 4) is 11.5 Å². The highest BCUT2D eigenvalue weighted by Gasteiger charge is 2.16. The maximum absolute atomic E-state index is 10.3. The third-order valence-electron chi connectivity index (χ3n) is 5.34. The summed E-state index contributed by atoms with van der Waals surface area (Å²) in [7, 11) is 0. The Morgan fingerprint density at radius 1 is 0.846 bits per heavy atom. The van der Waals surface area contributed by atoms with Crippen LogP contribution in [0.1, 0.15) is 68.6 Å². The van der Waals surface area contributed by atoms with Crippen LogP contribution in [0.15, 0.2) is 54.6 Å². The van der Waals surface area contributed by atoms with Gasteiger partial charge in [-0.2, -0.15) is 0 Å². The lowest BCUT2D eigenvalue weighted by molar-refractivity contribution is 0.454. The van der Waals surface area contributed by atoms with E-state index in [9.17, 15) is 10.2 Å². The van der Waals surface area contributed by atoms with E-state index in [0.717, 1.165) is 37.7 Å². The van der Waals surface area contributed by atoms with Crippen LogP contribution in [-0.4, -0.2) is 10.2 Å². The maximum Gasteiger partial charge on any atom is 0.119 e. The van der Waals surface area contributed by atoms with Crippen LogP contribution in [0.5, 0.6) is 11.5 Å². The first kappa shape index (κ1) is 18.3. The quantitative estimate of drug-likeness (QED) is 0.613. The Balaban J connectivity index is 1.79. The van der Waals surface area contributed by atoms with E-state index in [1.807, 2.05) is 24.3 Å². The molecule has 0 saturated carbocycles. The van der Waals surface area contributed by atoms with Crippen molar-refractivity contribution in [3.05, 3.63) is 71.3 Å². The standard InChI is InChI=1S/C24H28O2/c1-3-5-17(4-2)23-16-21(12-15-24(23)26)20-8-6-18(7-9-20)19-10-13-22(25)14-11-19/h6,9-17,25-26H,3-5,7-8H2,1-2H3. The van der Waals surface area contributed by atoms with Crippen LogP contribution in [0.2, 0.25) is 0 Å². The maximum atomic E-state index is 10.3. The van der Waals surface area contributed by atoms with Gasteiger partial charge in [0.1, 0.15) is 11.5 Å². The molecule has 1 aliphatic rings. The summed E-state index contributed by atoms with van der Waals surface area (Å²) in [5.41, 5.74) is 6.08. The third-order valence-corrected chi connectivity index (χ3v) is 5.34. The highest BCUT2D eigenvalue weighted by atomic mass is 16.3. The molecule has 0 heterocycles. The lowest BCUT2D eigenvalue weighted by atomic mass is 9.86. The van der Waals surface area contributed by atoms with E-state index in [-0.39, 0.29) is 0 Å². The first-order valence-electron chi connectivity index (χ1n) is 9.63. The third kappa shape index (κ3) is 4.01. The van der Waals surface area contributed by atoms with Crippen molar-refractivity contribution < 1.29 is 10.2 Å². The molecular formula is C24H28O2. The Morgan fingerprint density at radius 2 is 1.46 bits per heavy atom. The summed E-state index contributed by atoms with van der Waals surface area (Å²) in [6.45, 7) is 4.39. The van der Waals surface area contributed by atoms with Crippen molar-refractivity contribution in [1.82, 2.24) is 0 Å². The van der Waals surface area contributed by atoms with Crippen LogP contribution in [0.3, 0.4) is 0 Å². The van der Waals surface area contributed by atoms with Crippen LogP contribution < -0.4 is 0 Å². The van der Waals surface area contributed by atoms with Crippen molar-refractivity contribution >= 4 is 11.1 Å². The van der Waals surface area contributed by atoms with Crippen molar-refractivity contribution in [2.24, 2.45) is 0 Å². The zero-order chi connectivity index (χ0) is 18.5. The van der Waals surface area contributed by atoms with Gasteiger partial charge in [-0.3, -0.25) is 0 Å². The van der Waals surface area contributed by atoms with Crippen LogP contribution in [-0.2, 0) is 0 Å². The van der Waals surface area contributed by atoms with E-state index < -0.39 is 0 Å². The molecule has 0 radical (unpaired) electrons. The molecule has 136 valence electrons. The highest BCUT2D eigenvalue weighted by Crippen LogP contribution is 2.37. The molecule has 1 atom stereocenters. The molecule has 2 aromatic carbocycles. The second kappa shape index (κ2) is 8.27. The van der Waals surface area contributed by atoms with Crippen molar-refractivity contribution in [2.45, 2.75) is 51.9 Å². The first-order valence-corrected chi connectivity index (χ1v) is 9.63. The Labute approximate surface area is 156 Å². The molecule has 0 amide bonds. The summed E-state index contributed by atoms with van der Waals surface area (Å²) in [5, 5.41) is 19.8. The van der Waals surface area contributed by atoms with Crippen LogP contribution in [0.4, 0.5) is 0 Å².